The third-order valence-electron chi connectivity index (χ3n) is 2.24. The Kier molecular flexibility index (Phi) is 3.85. The van der Waals surface area contributed by atoms with Crippen LogP contribution in [0.2, 0.25) is 0 Å². The van der Waals surface area contributed by atoms with Crippen LogP contribution in [0.1, 0.15) is 0 Å². The summed E-state index contributed by atoms with van der Waals surface area (Å²) in [6.45, 7) is 0. The second kappa shape index (κ2) is 5.22. The first-order valence-corrected chi connectivity index (χ1v) is 6.83. The van der Waals surface area contributed by atoms with Crippen molar-refractivity contribution in [3.8, 4) is 0 Å². The van der Waals surface area contributed by atoms with Gasteiger partial charge < -0.3 is 5.26 Å². The van der Waals surface area contributed by atoms with Crippen LogP contribution in [0, 0.1) is 0 Å². The molecule has 2 aromatic carbocycles. The summed E-state index contributed by atoms with van der Waals surface area (Å²) >= 11 is 0.743. The fourth-order valence-corrected chi connectivity index (χ4v) is 2.39. The molecule has 18 heavy (non-hydrogen) atoms. The van der Waals surface area contributed by atoms with E-state index in [1.165, 1.54) is 12.1 Å². The molecule has 0 bridgehead atoms. The maximum Gasteiger partial charge on any atom is 0.294 e. The van der Waals surface area contributed by atoms with Gasteiger partial charge in [0.05, 0.1) is 16.9 Å². The van der Waals surface area contributed by atoms with Crippen molar-refractivity contribution in [2.24, 2.45) is 0 Å². The molecule has 0 heterocycles. The predicted octanol–water partition coefficient (Wildman–Crippen LogP) is 1.32. The molecule has 0 radical (unpaired) electrons. The van der Waals surface area contributed by atoms with Crippen molar-refractivity contribution >= 4 is 32.9 Å². The molecule has 6 nitrogen and oxygen atoms in total. The smallest absolute Gasteiger partial charge is 0.294 e. The Labute approximate surface area is 107 Å². The van der Waals surface area contributed by atoms with Crippen LogP contribution in [0.25, 0.3) is 10.8 Å². The second-order valence-corrected chi connectivity index (χ2v) is 5.56. The van der Waals surface area contributed by atoms with Crippen LogP contribution in [-0.4, -0.2) is 13.0 Å². The standard InChI is InChI=1S/C10H8O6S2/c11-15-16-17-9-3-1-8-6-10(18(12,13)14)4-2-7(8)5-9/h1-6,11H,(H,12,13,14)/p-1. The molecule has 0 atom stereocenters. The number of rotatable bonds is 4. The molecule has 8 heteroatoms. The first-order chi connectivity index (χ1) is 8.50. The summed E-state index contributed by atoms with van der Waals surface area (Å²) in [6, 6.07) is 9.13. The Bertz CT molecular complexity index is 667. The zero-order valence-corrected chi connectivity index (χ0v) is 10.4. The summed E-state index contributed by atoms with van der Waals surface area (Å²) in [5.41, 5.74) is 0. The first-order valence-electron chi connectivity index (χ1n) is 4.65. The first kappa shape index (κ1) is 13.3. The number of hydrogen-bond donors (Lipinski definition) is 1. The summed E-state index contributed by atoms with van der Waals surface area (Å²) in [5.74, 6) is 0. The maximum absolute atomic E-state index is 11.0. The van der Waals surface area contributed by atoms with Crippen molar-refractivity contribution in [2.75, 3.05) is 0 Å². The van der Waals surface area contributed by atoms with E-state index in [4.69, 9.17) is 4.55 Å². The molecule has 0 aliphatic rings. The summed E-state index contributed by atoms with van der Waals surface area (Å²) < 4.78 is 35.0. The second-order valence-electron chi connectivity index (χ2n) is 3.37. The lowest BCUT2D eigenvalue weighted by atomic mass is 10.1. The van der Waals surface area contributed by atoms with Crippen LogP contribution in [0.3, 0.4) is 0 Å². The van der Waals surface area contributed by atoms with Gasteiger partial charge in [-0.1, -0.05) is 12.1 Å². The van der Waals surface area contributed by atoms with Crippen LogP contribution >= 0.6 is 12.0 Å². The van der Waals surface area contributed by atoms with Crippen molar-refractivity contribution in [3.63, 3.8) is 0 Å². The highest BCUT2D eigenvalue weighted by molar-refractivity contribution is 7.94. The fraction of sp³-hybridized carbons (Fsp3) is 0. The van der Waals surface area contributed by atoms with E-state index in [-0.39, 0.29) is 4.90 Å². The van der Waals surface area contributed by atoms with Crippen molar-refractivity contribution in [1.82, 2.24) is 0 Å². The molecule has 0 aliphatic heterocycles. The quantitative estimate of drug-likeness (QED) is 0.392. The van der Waals surface area contributed by atoms with Crippen LogP contribution in [0.15, 0.2) is 46.2 Å². The lowest BCUT2D eigenvalue weighted by molar-refractivity contribution is -0.777. The number of hydrogen-bond acceptors (Lipinski definition) is 6. The summed E-state index contributed by atoms with van der Waals surface area (Å²) in [5, 5.41) is 14.3. The Morgan fingerprint density at radius 2 is 1.78 bits per heavy atom. The minimum atomic E-state index is -4.21. The molecule has 0 aliphatic carbocycles. The summed E-state index contributed by atoms with van der Waals surface area (Å²) in [7, 11) is -4.21. The van der Waals surface area contributed by atoms with E-state index in [0.29, 0.717) is 10.3 Å². The molecule has 0 spiro atoms. The highest BCUT2D eigenvalue weighted by Gasteiger charge is 2.09. The lowest BCUT2D eigenvalue weighted by Gasteiger charge is -2.05. The Morgan fingerprint density at radius 1 is 1.11 bits per heavy atom. The Morgan fingerprint density at radius 3 is 2.44 bits per heavy atom. The molecule has 0 fully saturated rings. The predicted molar refractivity (Wildman–Crippen MR) is 61.8 cm³/mol. The highest BCUT2D eigenvalue weighted by Crippen LogP contribution is 2.25. The normalized spacial score (nSPS) is 11.9. The van der Waals surface area contributed by atoms with Gasteiger partial charge in [-0.2, -0.15) is 12.8 Å². The molecule has 96 valence electrons. The van der Waals surface area contributed by atoms with Crippen molar-refractivity contribution in [1.29, 1.82) is 0 Å². The van der Waals surface area contributed by atoms with Gasteiger partial charge in [-0.05, 0) is 35.0 Å². The van der Waals surface area contributed by atoms with Crippen molar-refractivity contribution in [2.45, 2.75) is 9.79 Å². The average Bonchev–Trinajstić information content (AvgIpc) is 2.34. The minimum Gasteiger partial charge on any atom is -0.691 e. The van der Waals surface area contributed by atoms with Gasteiger partial charge in [-0.3, -0.25) is 9.59 Å². The largest absolute Gasteiger partial charge is 0.691 e. The molecule has 0 aromatic heterocycles. The fourth-order valence-electron chi connectivity index (χ4n) is 1.47. The number of benzene rings is 2. The van der Waals surface area contributed by atoms with Crippen LogP contribution < -0.4 is 5.26 Å². The molecule has 0 unspecified atom stereocenters. The maximum atomic E-state index is 11.0. The van der Waals surface area contributed by atoms with E-state index in [2.05, 4.69) is 9.37 Å². The average molecular weight is 287 g/mol. The van der Waals surface area contributed by atoms with E-state index in [1.54, 1.807) is 24.3 Å². The topological polar surface area (TPSA) is 95.9 Å². The lowest BCUT2D eigenvalue weighted by Crippen LogP contribution is -2.00. The van der Waals surface area contributed by atoms with Crippen LogP contribution in [0.5, 0.6) is 0 Å². The third kappa shape index (κ3) is 2.99. The zero-order valence-electron chi connectivity index (χ0n) is 8.77. The van der Waals surface area contributed by atoms with Crippen molar-refractivity contribution in [3.05, 3.63) is 36.4 Å². The van der Waals surface area contributed by atoms with Gasteiger partial charge in [0.15, 0.2) is 0 Å². The van der Waals surface area contributed by atoms with Crippen LogP contribution in [0.4, 0.5) is 0 Å². The SMILES string of the molecule is O=S(=O)(O)c1ccc2cc(SOO[O-])ccc2c1. The molecular weight excluding hydrogens is 280 g/mol. The van der Waals surface area contributed by atoms with Gasteiger partial charge in [-0.25, -0.2) is 0 Å². The molecule has 0 saturated carbocycles. The molecule has 0 saturated heterocycles. The minimum absolute atomic E-state index is 0.172. The van der Waals surface area contributed by atoms with Crippen molar-refractivity contribution < 1.29 is 27.6 Å². The number of fused-ring (bicyclic) bond motifs is 1. The van der Waals surface area contributed by atoms with Gasteiger partial charge >= 0.3 is 0 Å². The Balaban J connectivity index is 2.42. The molecule has 2 aromatic rings. The highest BCUT2D eigenvalue weighted by atomic mass is 32.2. The van der Waals surface area contributed by atoms with E-state index in [9.17, 15) is 13.7 Å². The van der Waals surface area contributed by atoms with E-state index in [0.717, 1.165) is 17.4 Å². The van der Waals surface area contributed by atoms with E-state index < -0.39 is 10.1 Å². The van der Waals surface area contributed by atoms with Gasteiger partial charge in [0.1, 0.15) is 0 Å². The summed E-state index contributed by atoms with van der Waals surface area (Å²) in [6.07, 6.45) is 0. The Hall–Kier alpha value is -1.16. The van der Waals surface area contributed by atoms with Crippen LogP contribution in [-0.2, 0) is 19.5 Å². The molecule has 2 rings (SSSR count). The third-order valence-corrected chi connectivity index (χ3v) is 3.66. The molecule has 0 amide bonds. The van der Waals surface area contributed by atoms with E-state index in [1.807, 2.05) is 0 Å². The zero-order chi connectivity index (χ0) is 13.2. The van der Waals surface area contributed by atoms with Gasteiger partial charge in [-0.15, -0.1) is 0 Å². The summed E-state index contributed by atoms with van der Waals surface area (Å²) in [4.78, 5) is 0.451. The monoisotopic (exact) mass is 287 g/mol. The van der Waals surface area contributed by atoms with Gasteiger partial charge in [0.2, 0.25) is 0 Å². The van der Waals surface area contributed by atoms with Gasteiger partial charge in [0.25, 0.3) is 10.1 Å². The molecule has 1 N–H and O–H groups in total. The van der Waals surface area contributed by atoms with E-state index >= 15 is 0 Å². The molecular formula is C10H7O6S2-. The van der Waals surface area contributed by atoms with Gasteiger partial charge in [0, 0.05) is 4.90 Å².